The van der Waals surface area contributed by atoms with Gasteiger partial charge in [-0.15, -0.1) is 10.2 Å². The average molecular weight is 513 g/mol. The fraction of sp³-hybridized carbons (Fsp3) is 0.241. The van der Waals surface area contributed by atoms with Crippen molar-refractivity contribution in [1.29, 1.82) is 0 Å². The molecule has 1 heterocycles. The van der Waals surface area contributed by atoms with Gasteiger partial charge in [-0.05, 0) is 104 Å². The van der Waals surface area contributed by atoms with Gasteiger partial charge in [0.15, 0.2) is 11.4 Å². The van der Waals surface area contributed by atoms with E-state index in [1.165, 1.54) is 27.9 Å². The molecule has 0 spiro atoms. The van der Waals surface area contributed by atoms with Gasteiger partial charge in [0.25, 0.3) is 5.56 Å². The van der Waals surface area contributed by atoms with E-state index in [9.17, 15) is 24.2 Å². The second-order valence-electron chi connectivity index (χ2n) is 9.84. The molecule has 9 heteroatoms. The standard InChI is InChI=1S/C29H25FN4O4/c1-15-25(28(36)34(33-15)20-10-8-16-4-2-5-17(16)12-20)31-32-26-21-7-3-6-18(21)13-22(27(26)35)19-9-11-24(30)23(14-19)29(37)38/h8-14,33,35H,2-7H2,1H3,(H,37,38). The summed E-state index contributed by atoms with van der Waals surface area (Å²) in [6.07, 6.45) is 5.46. The van der Waals surface area contributed by atoms with Crippen molar-refractivity contribution in [3.63, 3.8) is 0 Å². The van der Waals surface area contributed by atoms with Gasteiger partial charge in [0, 0.05) is 5.56 Å². The predicted octanol–water partition coefficient (Wildman–Crippen LogP) is 6.08. The topological polar surface area (TPSA) is 120 Å². The molecule has 38 heavy (non-hydrogen) atoms. The first-order valence-electron chi connectivity index (χ1n) is 12.6. The van der Waals surface area contributed by atoms with E-state index in [0.29, 0.717) is 23.2 Å². The first-order chi connectivity index (χ1) is 18.3. The molecule has 192 valence electrons. The molecule has 0 saturated heterocycles. The van der Waals surface area contributed by atoms with Crippen molar-refractivity contribution in [3.05, 3.63) is 92.1 Å². The van der Waals surface area contributed by atoms with Crippen molar-refractivity contribution in [2.45, 2.75) is 45.4 Å². The molecule has 3 N–H and O–H groups in total. The smallest absolute Gasteiger partial charge is 0.338 e. The number of nitrogens with zero attached hydrogens (tertiary/aromatic N) is 3. The van der Waals surface area contributed by atoms with Crippen LogP contribution in [-0.2, 0) is 25.7 Å². The maximum atomic E-state index is 14.0. The molecule has 0 amide bonds. The first-order valence-corrected chi connectivity index (χ1v) is 12.6. The second-order valence-corrected chi connectivity index (χ2v) is 9.84. The summed E-state index contributed by atoms with van der Waals surface area (Å²) in [6.45, 7) is 1.74. The summed E-state index contributed by atoms with van der Waals surface area (Å²) in [5.41, 5.74) is 5.84. The Hall–Kier alpha value is -4.53. The number of aromatic amines is 1. The molecule has 1 aromatic heterocycles. The van der Waals surface area contributed by atoms with Crippen LogP contribution in [0.1, 0.15) is 51.1 Å². The lowest BCUT2D eigenvalue weighted by Crippen LogP contribution is -2.14. The zero-order valence-electron chi connectivity index (χ0n) is 20.7. The number of hydrogen-bond donors (Lipinski definition) is 3. The molecule has 8 nitrogen and oxygen atoms in total. The minimum atomic E-state index is -1.40. The number of carboxylic acids is 1. The molecular formula is C29H25FN4O4. The number of rotatable bonds is 5. The Labute approximate surface area is 217 Å². The van der Waals surface area contributed by atoms with Crippen LogP contribution in [0.25, 0.3) is 16.8 Å². The monoisotopic (exact) mass is 512 g/mol. The Balaban J connectivity index is 1.42. The van der Waals surface area contributed by atoms with Crippen LogP contribution in [0.2, 0.25) is 0 Å². The minimum Gasteiger partial charge on any atom is -0.505 e. The number of fused-ring (bicyclic) bond motifs is 2. The third-order valence-electron chi connectivity index (χ3n) is 7.48. The average Bonchev–Trinajstić information content (AvgIpc) is 3.62. The van der Waals surface area contributed by atoms with E-state index in [1.807, 2.05) is 12.1 Å². The summed E-state index contributed by atoms with van der Waals surface area (Å²) < 4.78 is 15.5. The largest absolute Gasteiger partial charge is 0.505 e. The molecule has 2 aliphatic carbocycles. The molecule has 2 aliphatic rings. The van der Waals surface area contributed by atoms with E-state index in [4.69, 9.17) is 0 Å². The highest BCUT2D eigenvalue weighted by Gasteiger charge is 2.24. The molecule has 0 atom stereocenters. The Morgan fingerprint density at radius 2 is 1.68 bits per heavy atom. The van der Waals surface area contributed by atoms with Crippen molar-refractivity contribution >= 4 is 17.3 Å². The molecule has 4 aromatic rings. The Bertz CT molecular complexity index is 1720. The summed E-state index contributed by atoms with van der Waals surface area (Å²) in [5.74, 6) is -2.44. The highest BCUT2D eigenvalue weighted by atomic mass is 19.1. The summed E-state index contributed by atoms with van der Waals surface area (Å²) in [4.78, 5) is 24.7. The van der Waals surface area contributed by atoms with Gasteiger partial charge in [0.05, 0.1) is 16.9 Å². The Kier molecular flexibility index (Phi) is 5.71. The molecule has 0 aliphatic heterocycles. The van der Waals surface area contributed by atoms with Crippen molar-refractivity contribution < 1.29 is 19.4 Å². The number of phenols is 1. The van der Waals surface area contributed by atoms with Crippen molar-refractivity contribution in [3.8, 4) is 22.6 Å². The lowest BCUT2D eigenvalue weighted by Gasteiger charge is -2.13. The van der Waals surface area contributed by atoms with Gasteiger partial charge < -0.3 is 10.2 Å². The number of phenolic OH excluding ortho intramolecular Hbond substituents is 1. The minimum absolute atomic E-state index is 0.136. The third kappa shape index (κ3) is 3.91. The van der Waals surface area contributed by atoms with Crippen LogP contribution in [0.4, 0.5) is 15.8 Å². The predicted molar refractivity (Wildman–Crippen MR) is 140 cm³/mol. The Morgan fingerprint density at radius 3 is 2.50 bits per heavy atom. The van der Waals surface area contributed by atoms with Crippen LogP contribution < -0.4 is 5.56 Å². The number of benzene rings is 3. The molecule has 0 bridgehead atoms. The zero-order valence-corrected chi connectivity index (χ0v) is 20.7. The van der Waals surface area contributed by atoms with E-state index in [1.54, 1.807) is 13.0 Å². The lowest BCUT2D eigenvalue weighted by molar-refractivity contribution is 0.0692. The van der Waals surface area contributed by atoms with Crippen LogP contribution in [0.15, 0.2) is 57.5 Å². The number of aromatic carboxylic acids is 1. The van der Waals surface area contributed by atoms with Gasteiger partial charge in [-0.2, -0.15) is 0 Å². The number of nitrogens with one attached hydrogen (secondary N) is 1. The van der Waals surface area contributed by atoms with Gasteiger partial charge in [0.1, 0.15) is 11.5 Å². The number of hydrogen-bond acceptors (Lipinski definition) is 5. The van der Waals surface area contributed by atoms with Crippen LogP contribution in [0.5, 0.6) is 5.75 Å². The van der Waals surface area contributed by atoms with Crippen molar-refractivity contribution in [2.75, 3.05) is 0 Å². The highest BCUT2D eigenvalue weighted by Crippen LogP contribution is 2.45. The van der Waals surface area contributed by atoms with Crippen LogP contribution >= 0.6 is 0 Å². The normalized spacial score (nSPS) is 14.3. The number of carbonyl (C=O) groups is 1. The number of halogens is 1. The summed E-state index contributed by atoms with van der Waals surface area (Å²) in [6, 6.07) is 11.5. The lowest BCUT2D eigenvalue weighted by atomic mass is 9.96. The van der Waals surface area contributed by atoms with Crippen LogP contribution in [-0.4, -0.2) is 26.0 Å². The van der Waals surface area contributed by atoms with Crippen LogP contribution in [0.3, 0.4) is 0 Å². The van der Waals surface area contributed by atoms with Gasteiger partial charge in [-0.1, -0.05) is 12.1 Å². The van der Waals surface area contributed by atoms with Gasteiger partial charge in [0.2, 0.25) is 0 Å². The van der Waals surface area contributed by atoms with E-state index < -0.39 is 17.3 Å². The van der Waals surface area contributed by atoms with E-state index in [0.717, 1.165) is 55.0 Å². The first kappa shape index (κ1) is 23.8. The maximum absolute atomic E-state index is 14.0. The Morgan fingerprint density at radius 1 is 0.947 bits per heavy atom. The maximum Gasteiger partial charge on any atom is 0.338 e. The SMILES string of the molecule is Cc1[nH]n(-c2ccc3c(c2)CCC3)c(=O)c1N=Nc1c(O)c(-c2ccc(F)c(C(=O)O)c2)cc2c1CCC2. The summed E-state index contributed by atoms with van der Waals surface area (Å²) in [5, 5.41) is 32.2. The molecule has 0 unspecified atom stereocenters. The number of aromatic nitrogens is 2. The second kappa shape index (κ2) is 9.09. The number of aromatic hydroxyl groups is 1. The molecule has 0 radical (unpaired) electrons. The van der Waals surface area contributed by atoms with Crippen LogP contribution in [0, 0.1) is 12.7 Å². The quantitative estimate of drug-likeness (QED) is 0.281. The highest BCUT2D eigenvalue weighted by molar-refractivity contribution is 5.91. The van der Waals surface area contributed by atoms with E-state index >= 15 is 0 Å². The van der Waals surface area contributed by atoms with Crippen molar-refractivity contribution in [1.82, 2.24) is 9.78 Å². The third-order valence-corrected chi connectivity index (χ3v) is 7.48. The summed E-state index contributed by atoms with van der Waals surface area (Å²) in [7, 11) is 0. The number of aryl methyl sites for hydroxylation is 4. The number of azo groups is 1. The van der Waals surface area contributed by atoms with E-state index in [2.05, 4.69) is 21.4 Å². The summed E-state index contributed by atoms with van der Waals surface area (Å²) >= 11 is 0. The molecule has 0 fully saturated rings. The number of carboxylic acid groups (broad SMARTS) is 1. The van der Waals surface area contributed by atoms with E-state index in [-0.39, 0.29) is 22.7 Å². The van der Waals surface area contributed by atoms with Gasteiger partial charge in [-0.3, -0.25) is 9.89 Å². The fourth-order valence-corrected chi connectivity index (χ4v) is 5.53. The zero-order chi connectivity index (χ0) is 26.6. The van der Waals surface area contributed by atoms with Gasteiger partial charge in [-0.25, -0.2) is 13.9 Å². The molecule has 3 aromatic carbocycles. The molecule has 6 rings (SSSR count). The molecular weight excluding hydrogens is 487 g/mol. The van der Waals surface area contributed by atoms with Crippen molar-refractivity contribution in [2.24, 2.45) is 10.2 Å². The fourth-order valence-electron chi connectivity index (χ4n) is 5.53. The molecule has 0 saturated carbocycles. The van der Waals surface area contributed by atoms with Gasteiger partial charge >= 0.3 is 5.97 Å². The number of H-pyrrole nitrogens is 1.